The van der Waals surface area contributed by atoms with Gasteiger partial charge in [-0.15, -0.1) is 0 Å². The number of rotatable bonds is 4. The molecule has 1 fully saturated rings. The van der Waals surface area contributed by atoms with E-state index < -0.39 is 0 Å². The number of fused-ring (bicyclic) bond motifs is 1. The van der Waals surface area contributed by atoms with Crippen LogP contribution in [0.3, 0.4) is 0 Å². The molecule has 3 rings (SSSR count). The van der Waals surface area contributed by atoms with Crippen molar-refractivity contribution in [3.63, 3.8) is 0 Å². The molecule has 0 atom stereocenters. The molecule has 0 radical (unpaired) electrons. The highest BCUT2D eigenvalue weighted by Gasteiger charge is 2.27. The monoisotopic (exact) mass is 301 g/mol. The quantitative estimate of drug-likeness (QED) is 0.875. The molecule has 4 heteroatoms. The van der Waals surface area contributed by atoms with E-state index in [1.165, 1.54) is 11.3 Å². The van der Waals surface area contributed by atoms with Gasteiger partial charge in [-0.1, -0.05) is 20.8 Å². The molecule has 0 spiro atoms. The lowest BCUT2D eigenvalue weighted by Gasteiger charge is -2.27. The molecule has 0 bridgehead atoms. The smallest absolute Gasteiger partial charge is 0.115 e. The molecule has 22 heavy (non-hydrogen) atoms. The third-order valence-corrected chi connectivity index (χ3v) is 5.04. The van der Waals surface area contributed by atoms with Gasteiger partial charge in [-0.25, -0.2) is 4.98 Å². The van der Waals surface area contributed by atoms with Gasteiger partial charge in [0.15, 0.2) is 0 Å². The third-order valence-electron chi connectivity index (χ3n) is 5.04. The van der Waals surface area contributed by atoms with E-state index in [0.29, 0.717) is 5.92 Å². The highest BCUT2D eigenvalue weighted by Crippen LogP contribution is 2.32. The number of benzene rings is 1. The van der Waals surface area contributed by atoms with Crippen molar-refractivity contribution < 1.29 is 4.74 Å². The molecule has 2 heterocycles. The molecule has 2 N–H and O–H groups in total. The zero-order chi connectivity index (χ0) is 15.7. The molecular weight excluding hydrogens is 274 g/mol. The van der Waals surface area contributed by atoms with E-state index in [1.807, 2.05) is 12.1 Å². The average Bonchev–Trinajstić information content (AvgIpc) is 2.87. The summed E-state index contributed by atoms with van der Waals surface area (Å²) in [5, 5.41) is 0. The Labute approximate surface area is 132 Å². The molecule has 120 valence electrons. The summed E-state index contributed by atoms with van der Waals surface area (Å²) in [6, 6.07) is 6.09. The Kier molecular flexibility index (Phi) is 4.13. The summed E-state index contributed by atoms with van der Waals surface area (Å²) >= 11 is 0. The minimum Gasteiger partial charge on any atom is -0.399 e. The molecule has 0 unspecified atom stereocenters. The third kappa shape index (κ3) is 2.84. The minimum atomic E-state index is 0.0684. The Hall–Kier alpha value is -1.55. The lowest BCUT2D eigenvalue weighted by atomic mass is 9.89. The van der Waals surface area contributed by atoms with Crippen molar-refractivity contribution in [1.82, 2.24) is 9.55 Å². The molecule has 1 saturated heterocycles. The van der Waals surface area contributed by atoms with Gasteiger partial charge < -0.3 is 15.0 Å². The number of hydrogen-bond acceptors (Lipinski definition) is 3. The summed E-state index contributed by atoms with van der Waals surface area (Å²) in [6.45, 7) is 9.58. The zero-order valence-electron chi connectivity index (χ0n) is 13.9. The molecule has 0 saturated carbocycles. The minimum absolute atomic E-state index is 0.0684. The van der Waals surface area contributed by atoms with Gasteiger partial charge in [0.25, 0.3) is 0 Å². The lowest BCUT2D eigenvalue weighted by Crippen LogP contribution is -2.26. The van der Waals surface area contributed by atoms with Gasteiger partial charge in [0.05, 0.1) is 11.0 Å². The van der Waals surface area contributed by atoms with Crippen molar-refractivity contribution in [3.8, 4) is 0 Å². The second-order valence-electron chi connectivity index (χ2n) is 7.09. The van der Waals surface area contributed by atoms with E-state index >= 15 is 0 Å². The Morgan fingerprint density at radius 3 is 2.73 bits per heavy atom. The van der Waals surface area contributed by atoms with E-state index in [4.69, 9.17) is 15.5 Å². The molecule has 1 aliphatic heterocycles. The van der Waals surface area contributed by atoms with Crippen LogP contribution in [-0.4, -0.2) is 22.8 Å². The summed E-state index contributed by atoms with van der Waals surface area (Å²) in [5.41, 5.74) is 9.02. The molecule has 1 aliphatic rings. The highest BCUT2D eigenvalue weighted by atomic mass is 16.5. The van der Waals surface area contributed by atoms with Crippen LogP contribution in [-0.2, 0) is 16.7 Å². The van der Waals surface area contributed by atoms with Crippen LogP contribution in [0.1, 0.15) is 45.9 Å². The van der Waals surface area contributed by atoms with E-state index in [0.717, 1.165) is 50.2 Å². The maximum absolute atomic E-state index is 5.94. The van der Waals surface area contributed by atoms with Crippen LogP contribution >= 0.6 is 0 Å². The van der Waals surface area contributed by atoms with Crippen LogP contribution < -0.4 is 5.73 Å². The van der Waals surface area contributed by atoms with Crippen LogP contribution in [0, 0.1) is 5.92 Å². The van der Waals surface area contributed by atoms with E-state index in [2.05, 4.69) is 31.4 Å². The summed E-state index contributed by atoms with van der Waals surface area (Å²) in [4.78, 5) is 4.93. The number of nitrogen functional groups attached to an aromatic ring is 1. The van der Waals surface area contributed by atoms with Crippen molar-refractivity contribution in [2.75, 3.05) is 18.9 Å². The summed E-state index contributed by atoms with van der Waals surface area (Å²) in [7, 11) is 0. The first kappa shape index (κ1) is 15.3. The molecule has 1 aromatic carbocycles. The van der Waals surface area contributed by atoms with Crippen LogP contribution in [0.25, 0.3) is 11.0 Å². The largest absolute Gasteiger partial charge is 0.399 e. The van der Waals surface area contributed by atoms with Crippen LogP contribution in [0.15, 0.2) is 18.2 Å². The average molecular weight is 301 g/mol. The fourth-order valence-corrected chi connectivity index (χ4v) is 3.19. The molecule has 0 aliphatic carbocycles. The van der Waals surface area contributed by atoms with Crippen molar-refractivity contribution in [2.45, 2.75) is 52.0 Å². The van der Waals surface area contributed by atoms with Crippen LogP contribution in [0.4, 0.5) is 5.69 Å². The van der Waals surface area contributed by atoms with Crippen molar-refractivity contribution in [1.29, 1.82) is 0 Å². The second kappa shape index (κ2) is 5.92. The zero-order valence-corrected chi connectivity index (χ0v) is 13.9. The molecule has 1 aromatic heterocycles. The molecule has 0 amide bonds. The Morgan fingerprint density at radius 1 is 1.32 bits per heavy atom. The van der Waals surface area contributed by atoms with Crippen molar-refractivity contribution in [2.24, 2.45) is 5.92 Å². The van der Waals surface area contributed by atoms with Crippen LogP contribution in [0.2, 0.25) is 0 Å². The summed E-state index contributed by atoms with van der Waals surface area (Å²) < 4.78 is 7.92. The first-order valence-electron chi connectivity index (χ1n) is 8.35. The molecule has 4 nitrogen and oxygen atoms in total. The Morgan fingerprint density at radius 2 is 2.05 bits per heavy atom. The van der Waals surface area contributed by atoms with Crippen molar-refractivity contribution >= 4 is 16.7 Å². The predicted octanol–water partition coefficient (Wildman–Crippen LogP) is 3.73. The summed E-state index contributed by atoms with van der Waals surface area (Å²) in [6.07, 6.45) is 3.35. The standard InChI is InChI=1S/C18H27N3O/c1-4-18(2,3)17-20-15-11-14(19)5-6-16(15)21(17)12-13-7-9-22-10-8-13/h5-6,11,13H,4,7-10,12,19H2,1-3H3. The topological polar surface area (TPSA) is 53.1 Å². The van der Waals surface area contributed by atoms with Crippen molar-refractivity contribution in [3.05, 3.63) is 24.0 Å². The SMILES string of the molecule is CCC(C)(C)c1nc2cc(N)ccc2n1CC1CCOCC1. The Balaban J connectivity index is 2.05. The van der Waals surface area contributed by atoms with E-state index in [1.54, 1.807) is 0 Å². The fraction of sp³-hybridized carbons (Fsp3) is 0.611. The first-order valence-corrected chi connectivity index (χ1v) is 8.35. The second-order valence-corrected chi connectivity index (χ2v) is 7.09. The maximum atomic E-state index is 5.94. The number of ether oxygens (including phenoxy) is 1. The lowest BCUT2D eigenvalue weighted by molar-refractivity contribution is 0.0611. The molecular formula is C18H27N3O. The number of imidazole rings is 1. The molecule has 2 aromatic rings. The Bertz CT molecular complexity index is 654. The van der Waals surface area contributed by atoms with Gasteiger partial charge in [0, 0.05) is 30.9 Å². The van der Waals surface area contributed by atoms with Gasteiger partial charge in [-0.2, -0.15) is 0 Å². The van der Waals surface area contributed by atoms with Gasteiger partial charge in [-0.3, -0.25) is 0 Å². The van der Waals surface area contributed by atoms with Gasteiger partial charge in [0.1, 0.15) is 5.82 Å². The van der Waals surface area contributed by atoms with Gasteiger partial charge in [0.2, 0.25) is 0 Å². The van der Waals surface area contributed by atoms with E-state index in [9.17, 15) is 0 Å². The van der Waals surface area contributed by atoms with Crippen LogP contribution in [0.5, 0.6) is 0 Å². The number of nitrogens with zero attached hydrogens (tertiary/aromatic N) is 2. The van der Waals surface area contributed by atoms with Gasteiger partial charge in [-0.05, 0) is 43.4 Å². The number of aromatic nitrogens is 2. The normalized spacial score (nSPS) is 17.2. The predicted molar refractivity (Wildman–Crippen MR) is 91.0 cm³/mol. The maximum Gasteiger partial charge on any atom is 0.115 e. The fourth-order valence-electron chi connectivity index (χ4n) is 3.19. The van der Waals surface area contributed by atoms with Gasteiger partial charge >= 0.3 is 0 Å². The number of nitrogens with two attached hydrogens (primary N) is 1. The highest BCUT2D eigenvalue weighted by molar-refractivity contribution is 5.80. The first-order chi connectivity index (χ1) is 10.5. The number of hydrogen-bond donors (Lipinski definition) is 1. The summed E-state index contributed by atoms with van der Waals surface area (Å²) in [5.74, 6) is 1.86. The number of anilines is 1. The van der Waals surface area contributed by atoms with E-state index in [-0.39, 0.29) is 5.41 Å².